The van der Waals surface area contributed by atoms with Crippen LogP contribution in [-0.4, -0.2) is 0 Å². The van der Waals surface area contributed by atoms with Crippen molar-refractivity contribution in [2.24, 2.45) is 0 Å². The van der Waals surface area contributed by atoms with Gasteiger partial charge in [0.2, 0.25) is 0 Å². The molecule has 0 bridgehead atoms. The predicted molar refractivity (Wildman–Crippen MR) is 69.5 cm³/mol. The Balaban J connectivity index is 1.97. The summed E-state index contributed by atoms with van der Waals surface area (Å²) < 4.78 is 5.43. The molecule has 2 nitrogen and oxygen atoms in total. The maximum atomic E-state index is 5.43. The van der Waals surface area contributed by atoms with Gasteiger partial charge < -0.3 is 9.73 Å². The maximum Gasteiger partial charge on any atom is 0.120 e. The van der Waals surface area contributed by atoms with E-state index in [2.05, 4.69) is 24.0 Å². The standard InChI is InChI=1S/C15H17NO/c1-2-7-14(15-10-6-11-17-15)16-12-13-8-4-3-5-9-13/h2-6,8-11,14,16H,1,7,12H2/t14-/m0/s1. The summed E-state index contributed by atoms with van der Waals surface area (Å²) in [6, 6.07) is 14.4. The molecule has 0 radical (unpaired) electrons. The predicted octanol–water partition coefficient (Wildman–Crippen LogP) is 3.69. The molecule has 0 fully saturated rings. The maximum absolute atomic E-state index is 5.43. The minimum Gasteiger partial charge on any atom is -0.468 e. The lowest BCUT2D eigenvalue weighted by Gasteiger charge is -2.14. The van der Waals surface area contributed by atoms with Gasteiger partial charge >= 0.3 is 0 Å². The molecule has 1 aromatic carbocycles. The molecule has 1 atom stereocenters. The van der Waals surface area contributed by atoms with Crippen molar-refractivity contribution in [3.8, 4) is 0 Å². The third kappa shape index (κ3) is 3.33. The van der Waals surface area contributed by atoms with Crippen LogP contribution in [0, 0.1) is 0 Å². The fraction of sp³-hybridized carbons (Fsp3) is 0.200. The number of nitrogens with one attached hydrogen (secondary N) is 1. The first-order valence-corrected chi connectivity index (χ1v) is 5.82. The minimum absolute atomic E-state index is 0.197. The number of hydrogen-bond acceptors (Lipinski definition) is 2. The van der Waals surface area contributed by atoms with E-state index in [1.807, 2.05) is 36.4 Å². The van der Waals surface area contributed by atoms with Crippen molar-refractivity contribution < 1.29 is 4.42 Å². The largest absolute Gasteiger partial charge is 0.468 e. The Bertz CT molecular complexity index is 433. The smallest absolute Gasteiger partial charge is 0.120 e. The highest BCUT2D eigenvalue weighted by molar-refractivity contribution is 5.15. The molecule has 2 heteroatoms. The molecule has 0 saturated carbocycles. The lowest BCUT2D eigenvalue weighted by atomic mass is 10.1. The number of benzene rings is 1. The van der Waals surface area contributed by atoms with Crippen molar-refractivity contribution in [2.75, 3.05) is 0 Å². The highest BCUT2D eigenvalue weighted by atomic mass is 16.3. The molecule has 0 amide bonds. The summed E-state index contributed by atoms with van der Waals surface area (Å²) >= 11 is 0. The first-order chi connectivity index (χ1) is 8.40. The summed E-state index contributed by atoms with van der Waals surface area (Å²) in [6.45, 7) is 4.62. The molecule has 1 heterocycles. The van der Waals surface area contributed by atoms with Crippen LogP contribution in [0.25, 0.3) is 0 Å². The summed E-state index contributed by atoms with van der Waals surface area (Å²) in [4.78, 5) is 0. The monoisotopic (exact) mass is 227 g/mol. The lowest BCUT2D eigenvalue weighted by Crippen LogP contribution is -2.19. The summed E-state index contributed by atoms with van der Waals surface area (Å²) in [5.74, 6) is 0.959. The van der Waals surface area contributed by atoms with E-state index in [0.29, 0.717) is 0 Å². The number of furan rings is 1. The normalized spacial score (nSPS) is 12.2. The van der Waals surface area contributed by atoms with Gasteiger partial charge in [-0.2, -0.15) is 0 Å². The Kier molecular flexibility index (Phi) is 4.17. The second kappa shape index (κ2) is 6.06. The third-order valence-corrected chi connectivity index (χ3v) is 2.68. The Morgan fingerprint density at radius 1 is 1.18 bits per heavy atom. The van der Waals surface area contributed by atoms with Crippen LogP contribution in [-0.2, 0) is 6.54 Å². The van der Waals surface area contributed by atoms with Crippen molar-refractivity contribution in [3.63, 3.8) is 0 Å². The third-order valence-electron chi connectivity index (χ3n) is 2.68. The van der Waals surface area contributed by atoms with Crippen molar-refractivity contribution in [2.45, 2.75) is 19.0 Å². The van der Waals surface area contributed by atoms with Crippen LogP contribution >= 0.6 is 0 Å². The quantitative estimate of drug-likeness (QED) is 0.761. The van der Waals surface area contributed by atoms with Crippen LogP contribution in [0.4, 0.5) is 0 Å². The van der Waals surface area contributed by atoms with Crippen molar-refractivity contribution in [3.05, 3.63) is 72.7 Å². The topological polar surface area (TPSA) is 25.2 Å². The lowest BCUT2D eigenvalue weighted by molar-refractivity contribution is 0.413. The molecule has 0 unspecified atom stereocenters. The van der Waals surface area contributed by atoms with Crippen LogP contribution < -0.4 is 5.32 Å². The molecule has 17 heavy (non-hydrogen) atoms. The summed E-state index contributed by atoms with van der Waals surface area (Å²) in [5, 5.41) is 3.47. The first-order valence-electron chi connectivity index (χ1n) is 5.82. The zero-order chi connectivity index (χ0) is 11.9. The van der Waals surface area contributed by atoms with Gasteiger partial charge in [-0.1, -0.05) is 36.4 Å². The van der Waals surface area contributed by atoms with Crippen molar-refractivity contribution in [1.82, 2.24) is 5.32 Å². The van der Waals surface area contributed by atoms with Gasteiger partial charge in [0.05, 0.1) is 12.3 Å². The highest BCUT2D eigenvalue weighted by Gasteiger charge is 2.11. The Labute approximate surface area is 102 Å². The molecule has 2 aromatic rings. The second-order valence-electron chi connectivity index (χ2n) is 3.96. The summed E-state index contributed by atoms with van der Waals surface area (Å²) in [5.41, 5.74) is 1.27. The van der Waals surface area contributed by atoms with Crippen LogP contribution in [0.1, 0.15) is 23.8 Å². The van der Waals surface area contributed by atoms with E-state index >= 15 is 0 Å². The van der Waals surface area contributed by atoms with Gasteiger partial charge in [-0.3, -0.25) is 0 Å². The van der Waals surface area contributed by atoms with Gasteiger partial charge in [0.1, 0.15) is 5.76 Å². The molecule has 1 aromatic heterocycles. The molecular formula is C15H17NO. The first kappa shape index (κ1) is 11.7. The van der Waals surface area contributed by atoms with Crippen molar-refractivity contribution >= 4 is 0 Å². The second-order valence-corrected chi connectivity index (χ2v) is 3.96. The number of rotatable bonds is 6. The summed E-state index contributed by atoms with van der Waals surface area (Å²) in [7, 11) is 0. The van der Waals surface area contributed by atoms with Gasteiger partial charge in [0.15, 0.2) is 0 Å². The zero-order valence-corrected chi connectivity index (χ0v) is 9.80. The Morgan fingerprint density at radius 2 is 2.00 bits per heavy atom. The zero-order valence-electron chi connectivity index (χ0n) is 9.80. The Morgan fingerprint density at radius 3 is 2.65 bits per heavy atom. The van der Waals surface area contributed by atoms with Gasteiger partial charge in [0.25, 0.3) is 0 Å². The number of hydrogen-bond donors (Lipinski definition) is 1. The van der Waals surface area contributed by atoms with E-state index in [-0.39, 0.29) is 6.04 Å². The highest BCUT2D eigenvalue weighted by Crippen LogP contribution is 2.18. The van der Waals surface area contributed by atoms with Crippen LogP contribution in [0.3, 0.4) is 0 Å². The molecule has 0 aliphatic rings. The SMILES string of the molecule is C=CC[C@H](NCc1ccccc1)c1ccco1. The molecule has 0 spiro atoms. The van der Waals surface area contributed by atoms with Crippen LogP contribution in [0.15, 0.2) is 65.8 Å². The molecule has 2 rings (SSSR count). The van der Waals surface area contributed by atoms with E-state index in [1.54, 1.807) is 6.26 Å². The van der Waals surface area contributed by atoms with E-state index < -0.39 is 0 Å². The van der Waals surface area contributed by atoms with Gasteiger partial charge in [-0.25, -0.2) is 0 Å². The average molecular weight is 227 g/mol. The van der Waals surface area contributed by atoms with Gasteiger partial charge in [0, 0.05) is 6.54 Å². The van der Waals surface area contributed by atoms with Gasteiger partial charge in [-0.05, 0) is 24.1 Å². The molecule has 88 valence electrons. The molecule has 0 aliphatic carbocycles. The minimum atomic E-state index is 0.197. The fourth-order valence-electron chi connectivity index (χ4n) is 1.79. The molecule has 0 saturated heterocycles. The molecule has 0 aliphatic heterocycles. The molecular weight excluding hydrogens is 210 g/mol. The van der Waals surface area contributed by atoms with Gasteiger partial charge in [-0.15, -0.1) is 6.58 Å². The van der Waals surface area contributed by atoms with E-state index in [1.165, 1.54) is 5.56 Å². The Hall–Kier alpha value is -1.80. The molecule has 1 N–H and O–H groups in total. The van der Waals surface area contributed by atoms with Crippen molar-refractivity contribution in [1.29, 1.82) is 0 Å². The summed E-state index contributed by atoms with van der Waals surface area (Å²) in [6.07, 6.45) is 4.47. The van der Waals surface area contributed by atoms with E-state index in [9.17, 15) is 0 Å². The fourth-order valence-corrected chi connectivity index (χ4v) is 1.79. The van der Waals surface area contributed by atoms with Crippen LogP contribution in [0.5, 0.6) is 0 Å². The van der Waals surface area contributed by atoms with Crippen LogP contribution in [0.2, 0.25) is 0 Å². The van der Waals surface area contributed by atoms with E-state index in [4.69, 9.17) is 4.42 Å². The van der Waals surface area contributed by atoms with E-state index in [0.717, 1.165) is 18.7 Å². The average Bonchev–Trinajstić information content (AvgIpc) is 2.89.